The van der Waals surface area contributed by atoms with Gasteiger partial charge >= 0.3 is 0 Å². The highest BCUT2D eigenvalue weighted by Gasteiger charge is 2.23. The topological polar surface area (TPSA) is 37.4 Å². The number of rotatable bonds is 3. The normalized spacial score (nSPS) is 18.5. The summed E-state index contributed by atoms with van der Waals surface area (Å²) in [5.74, 6) is 1.94. The Morgan fingerprint density at radius 1 is 1.12 bits per heavy atom. The van der Waals surface area contributed by atoms with E-state index < -0.39 is 10.0 Å². The molecule has 0 aromatic heterocycles. The summed E-state index contributed by atoms with van der Waals surface area (Å²) in [5, 5.41) is 0. The van der Waals surface area contributed by atoms with Crippen LogP contribution < -0.4 is 0 Å². The molecule has 1 saturated heterocycles. The number of nitrogens with zero attached hydrogens (tertiary/aromatic N) is 1. The van der Waals surface area contributed by atoms with Crippen molar-refractivity contribution in [3.8, 4) is 0 Å². The molecule has 0 aliphatic carbocycles. The first-order chi connectivity index (χ1) is 7.68. The molecule has 5 heteroatoms. The van der Waals surface area contributed by atoms with Crippen LogP contribution in [0.25, 0.3) is 0 Å². The van der Waals surface area contributed by atoms with Crippen molar-refractivity contribution < 1.29 is 8.42 Å². The molecule has 1 aromatic rings. The third-order valence-corrected chi connectivity index (χ3v) is 5.35. The van der Waals surface area contributed by atoms with Crippen molar-refractivity contribution in [2.45, 2.75) is 5.75 Å². The quantitative estimate of drug-likeness (QED) is 0.825. The lowest BCUT2D eigenvalue weighted by atomic mass is 10.2. The van der Waals surface area contributed by atoms with Gasteiger partial charge in [-0.3, -0.25) is 0 Å². The first-order valence-corrected chi connectivity index (χ1v) is 8.04. The number of sulfonamides is 1. The monoisotopic (exact) mass is 257 g/mol. The molecule has 1 aliphatic heterocycles. The minimum atomic E-state index is -3.12. The summed E-state index contributed by atoms with van der Waals surface area (Å²) in [6.07, 6.45) is 0. The van der Waals surface area contributed by atoms with Gasteiger partial charge in [0.1, 0.15) is 0 Å². The van der Waals surface area contributed by atoms with E-state index in [0.717, 1.165) is 17.1 Å². The van der Waals surface area contributed by atoms with Crippen LogP contribution in [-0.4, -0.2) is 37.3 Å². The van der Waals surface area contributed by atoms with E-state index in [2.05, 4.69) is 0 Å². The maximum absolute atomic E-state index is 12.1. The second-order valence-corrected chi connectivity index (χ2v) is 6.95. The molecule has 0 spiro atoms. The lowest BCUT2D eigenvalue weighted by molar-refractivity contribution is 0.443. The average Bonchev–Trinajstić information content (AvgIpc) is 2.31. The Hall–Kier alpha value is -0.520. The molecule has 2 rings (SSSR count). The summed E-state index contributed by atoms with van der Waals surface area (Å²) in [5.41, 5.74) is 0.862. The first-order valence-electron chi connectivity index (χ1n) is 5.28. The molecule has 0 radical (unpaired) electrons. The number of hydrogen-bond acceptors (Lipinski definition) is 3. The lowest BCUT2D eigenvalue weighted by Crippen LogP contribution is -2.38. The van der Waals surface area contributed by atoms with Gasteiger partial charge in [-0.25, -0.2) is 8.42 Å². The summed E-state index contributed by atoms with van der Waals surface area (Å²) in [6, 6.07) is 9.36. The van der Waals surface area contributed by atoms with Crippen LogP contribution in [0.3, 0.4) is 0 Å². The van der Waals surface area contributed by atoms with E-state index in [1.807, 2.05) is 42.1 Å². The molecule has 1 aliphatic rings. The van der Waals surface area contributed by atoms with Crippen LogP contribution in [0.5, 0.6) is 0 Å². The van der Waals surface area contributed by atoms with Gasteiger partial charge in [0.2, 0.25) is 10.0 Å². The Balaban J connectivity index is 2.08. The SMILES string of the molecule is O=S(=O)(Cc1ccccc1)N1CCSCC1. The van der Waals surface area contributed by atoms with Crippen molar-refractivity contribution in [1.82, 2.24) is 4.31 Å². The van der Waals surface area contributed by atoms with E-state index in [9.17, 15) is 8.42 Å². The molecular weight excluding hydrogens is 242 g/mol. The second-order valence-electron chi connectivity index (χ2n) is 3.75. The van der Waals surface area contributed by atoms with Gasteiger partial charge in [-0.1, -0.05) is 30.3 Å². The predicted octanol–water partition coefficient (Wildman–Crippen LogP) is 1.57. The van der Waals surface area contributed by atoms with E-state index in [1.165, 1.54) is 0 Å². The summed E-state index contributed by atoms with van der Waals surface area (Å²) in [4.78, 5) is 0. The van der Waals surface area contributed by atoms with Gasteiger partial charge in [-0.15, -0.1) is 0 Å². The molecule has 3 nitrogen and oxygen atoms in total. The maximum atomic E-state index is 12.1. The molecule has 88 valence electrons. The smallest absolute Gasteiger partial charge is 0.212 e. The summed E-state index contributed by atoms with van der Waals surface area (Å²) in [7, 11) is -3.12. The van der Waals surface area contributed by atoms with Gasteiger partial charge in [0, 0.05) is 24.6 Å². The summed E-state index contributed by atoms with van der Waals surface area (Å²) in [6.45, 7) is 1.31. The van der Waals surface area contributed by atoms with Crippen molar-refractivity contribution in [1.29, 1.82) is 0 Å². The second kappa shape index (κ2) is 5.21. The molecule has 1 aromatic carbocycles. The number of thioether (sulfide) groups is 1. The van der Waals surface area contributed by atoms with Crippen molar-refractivity contribution in [3.05, 3.63) is 35.9 Å². The average molecular weight is 257 g/mol. The number of benzene rings is 1. The van der Waals surface area contributed by atoms with Crippen molar-refractivity contribution >= 4 is 21.8 Å². The highest BCUT2D eigenvalue weighted by atomic mass is 32.2. The van der Waals surface area contributed by atoms with Crippen LogP contribution in [0.15, 0.2) is 30.3 Å². The Bertz CT molecular complexity index is 425. The lowest BCUT2D eigenvalue weighted by Gasteiger charge is -2.25. The van der Waals surface area contributed by atoms with E-state index >= 15 is 0 Å². The summed E-state index contributed by atoms with van der Waals surface area (Å²) < 4.78 is 25.8. The molecular formula is C11H15NO2S2. The minimum absolute atomic E-state index is 0.124. The van der Waals surface area contributed by atoms with Crippen LogP contribution in [-0.2, 0) is 15.8 Å². The Morgan fingerprint density at radius 2 is 1.75 bits per heavy atom. The largest absolute Gasteiger partial charge is 0.218 e. The molecule has 16 heavy (non-hydrogen) atoms. The van der Waals surface area contributed by atoms with E-state index in [4.69, 9.17) is 0 Å². The molecule has 0 N–H and O–H groups in total. The van der Waals surface area contributed by atoms with Crippen LogP contribution in [0.2, 0.25) is 0 Å². The minimum Gasteiger partial charge on any atom is -0.212 e. The van der Waals surface area contributed by atoms with Gasteiger partial charge in [0.25, 0.3) is 0 Å². The standard InChI is InChI=1S/C11H15NO2S2/c13-16(14,12-6-8-15-9-7-12)10-11-4-2-1-3-5-11/h1-5H,6-10H2. The highest BCUT2D eigenvalue weighted by Crippen LogP contribution is 2.16. The first kappa shape index (κ1) is 12.0. The molecule has 0 atom stereocenters. The van der Waals surface area contributed by atoms with Crippen LogP contribution in [0.1, 0.15) is 5.56 Å². The molecule has 1 fully saturated rings. The van der Waals surface area contributed by atoms with Crippen molar-refractivity contribution in [3.63, 3.8) is 0 Å². The van der Waals surface area contributed by atoms with Crippen LogP contribution in [0.4, 0.5) is 0 Å². The van der Waals surface area contributed by atoms with Gasteiger partial charge in [-0.05, 0) is 5.56 Å². The molecule has 0 unspecified atom stereocenters. The number of hydrogen-bond donors (Lipinski definition) is 0. The summed E-state index contributed by atoms with van der Waals surface area (Å²) >= 11 is 1.81. The van der Waals surface area contributed by atoms with Gasteiger partial charge < -0.3 is 0 Å². The molecule has 0 bridgehead atoms. The molecule has 0 amide bonds. The van der Waals surface area contributed by atoms with Gasteiger partial charge in [-0.2, -0.15) is 16.1 Å². The third kappa shape index (κ3) is 2.99. The fraction of sp³-hybridized carbons (Fsp3) is 0.455. The van der Waals surface area contributed by atoms with E-state index in [-0.39, 0.29) is 5.75 Å². The van der Waals surface area contributed by atoms with Crippen LogP contribution >= 0.6 is 11.8 Å². The maximum Gasteiger partial charge on any atom is 0.218 e. The zero-order chi connectivity index (χ0) is 11.4. The van der Waals surface area contributed by atoms with Gasteiger partial charge in [0.15, 0.2) is 0 Å². The Morgan fingerprint density at radius 3 is 2.38 bits per heavy atom. The Kier molecular flexibility index (Phi) is 3.89. The zero-order valence-electron chi connectivity index (χ0n) is 9.00. The molecule has 1 heterocycles. The third-order valence-electron chi connectivity index (χ3n) is 2.56. The van der Waals surface area contributed by atoms with Crippen LogP contribution in [0, 0.1) is 0 Å². The Labute approximate surface area is 101 Å². The fourth-order valence-corrected chi connectivity index (χ4v) is 4.37. The van der Waals surface area contributed by atoms with E-state index in [0.29, 0.717) is 13.1 Å². The zero-order valence-corrected chi connectivity index (χ0v) is 10.6. The van der Waals surface area contributed by atoms with Crippen molar-refractivity contribution in [2.24, 2.45) is 0 Å². The highest BCUT2D eigenvalue weighted by molar-refractivity contribution is 7.99. The predicted molar refractivity (Wildman–Crippen MR) is 68.0 cm³/mol. The van der Waals surface area contributed by atoms with E-state index in [1.54, 1.807) is 4.31 Å². The fourth-order valence-electron chi connectivity index (χ4n) is 1.70. The molecule has 0 saturated carbocycles. The van der Waals surface area contributed by atoms with Crippen molar-refractivity contribution in [2.75, 3.05) is 24.6 Å². The van der Waals surface area contributed by atoms with Gasteiger partial charge in [0.05, 0.1) is 5.75 Å².